The Morgan fingerprint density at radius 2 is 1.78 bits per heavy atom. The number of hydrogen-bond acceptors (Lipinski definition) is 3. The summed E-state index contributed by atoms with van der Waals surface area (Å²) >= 11 is 5.71. The van der Waals surface area contributed by atoms with Gasteiger partial charge in [-0.25, -0.2) is 4.39 Å². The molecule has 0 aliphatic carbocycles. The van der Waals surface area contributed by atoms with Gasteiger partial charge < -0.3 is 4.74 Å². The summed E-state index contributed by atoms with van der Waals surface area (Å²) in [6, 6.07) is 9.85. The van der Waals surface area contributed by atoms with Crippen LogP contribution in [0.15, 0.2) is 42.5 Å². The molecule has 2 aromatic carbocycles. The fraction of sp³-hybridized carbons (Fsp3) is 0. The topological polar surface area (TPSA) is 52.4 Å². The second-order valence-electron chi connectivity index (χ2n) is 3.38. The maximum absolute atomic E-state index is 13.4. The van der Waals surface area contributed by atoms with Crippen molar-refractivity contribution in [2.75, 3.05) is 0 Å². The second kappa shape index (κ2) is 5.01. The highest BCUT2D eigenvalue weighted by Gasteiger charge is 2.20. The van der Waals surface area contributed by atoms with Gasteiger partial charge in [0.2, 0.25) is 5.75 Å². The molecule has 0 fully saturated rings. The number of nitro groups is 1. The van der Waals surface area contributed by atoms with Gasteiger partial charge in [-0.2, -0.15) is 0 Å². The molecule has 2 rings (SSSR count). The molecule has 2 aromatic rings. The van der Waals surface area contributed by atoms with Gasteiger partial charge in [0.25, 0.3) is 0 Å². The van der Waals surface area contributed by atoms with E-state index in [1.807, 2.05) is 0 Å². The molecular formula is C12H7ClFNO3. The van der Waals surface area contributed by atoms with Crippen molar-refractivity contribution in [1.82, 2.24) is 0 Å². The van der Waals surface area contributed by atoms with Crippen molar-refractivity contribution in [1.29, 1.82) is 0 Å². The van der Waals surface area contributed by atoms with Crippen LogP contribution in [-0.2, 0) is 0 Å². The molecule has 0 radical (unpaired) electrons. The standard InChI is InChI=1S/C12H7ClFNO3/c13-8-4-3-7-11(12(8)15(16)17)18-10-6-2-1-5-9(10)14/h1-7H. The quantitative estimate of drug-likeness (QED) is 0.619. The molecule has 0 atom stereocenters. The van der Waals surface area contributed by atoms with Crippen LogP contribution in [0.25, 0.3) is 0 Å². The summed E-state index contributed by atoms with van der Waals surface area (Å²) in [5.74, 6) is -0.799. The molecule has 0 N–H and O–H groups in total. The molecule has 0 aliphatic heterocycles. The highest BCUT2D eigenvalue weighted by atomic mass is 35.5. The molecule has 0 saturated carbocycles. The SMILES string of the molecule is O=[N+]([O-])c1c(Cl)cccc1Oc1ccccc1F. The summed E-state index contributed by atoms with van der Waals surface area (Å²) in [7, 11) is 0. The molecule has 0 spiro atoms. The van der Waals surface area contributed by atoms with Gasteiger partial charge in [0.05, 0.1) is 4.92 Å². The lowest BCUT2D eigenvalue weighted by Gasteiger charge is -2.07. The molecule has 0 amide bonds. The van der Waals surface area contributed by atoms with Crippen LogP contribution in [-0.4, -0.2) is 4.92 Å². The molecule has 92 valence electrons. The van der Waals surface area contributed by atoms with E-state index in [4.69, 9.17) is 16.3 Å². The van der Waals surface area contributed by atoms with Crippen LogP contribution in [0, 0.1) is 15.9 Å². The van der Waals surface area contributed by atoms with E-state index < -0.39 is 10.7 Å². The maximum Gasteiger partial charge on any atom is 0.329 e. The minimum Gasteiger partial charge on any atom is -0.447 e. The fourth-order valence-electron chi connectivity index (χ4n) is 1.40. The van der Waals surface area contributed by atoms with Crippen molar-refractivity contribution < 1.29 is 14.1 Å². The number of para-hydroxylation sites is 2. The second-order valence-corrected chi connectivity index (χ2v) is 3.78. The molecule has 0 aromatic heterocycles. The number of hydrogen-bond donors (Lipinski definition) is 0. The van der Waals surface area contributed by atoms with Crippen LogP contribution in [0.5, 0.6) is 11.5 Å². The van der Waals surface area contributed by atoms with E-state index in [1.165, 1.54) is 36.4 Å². The maximum atomic E-state index is 13.4. The molecule has 0 heterocycles. The van der Waals surface area contributed by atoms with Gasteiger partial charge in [0.15, 0.2) is 11.6 Å². The number of nitro benzene ring substituents is 1. The number of rotatable bonds is 3. The molecule has 0 saturated heterocycles. The van der Waals surface area contributed by atoms with Crippen LogP contribution in [0.4, 0.5) is 10.1 Å². The molecule has 18 heavy (non-hydrogen) atoms. The summed E-state index contributed by atoms with van der Waals surface area (Å²) in [6.07, 6.45) is 0. The van der Waals surface area contributed by atoms with Gasteiger partial charge in [-0.1, -0.05) is 29.8 Å². The van der Waals surface area contributed by atoms with Crippen molar-refractivity contribution in [2.24, 2.45) is 0 Å². The first-order valence-electron chi connectivity index (χ1n) is 4.95. The minimum atomic E-state index is -0.668. The van der Waals surface area contributed by atoms with Crippen LogP contribution < -0.4 is 4.74 Å². The van der Waals surface area contributed by atoms with E-state index in [-0.39, 0.29) is 22.2 Å². The first kappa shape index (κ1) is 12.3. The summed E-state index contributed by atoms with van der Waals surface area (Å²) in [5, 5.41) is 10.8. The minimum absolute atomic E-state index is 0.0613. The summed E-state index contributed by atoms with van der Waals surface area (Å²) < 4.78 is 18.6. The Hall–Kier alpha value is -2.14. The first-order valence-corrected chi connectivity index (χ1v) is 5.32. The van der Waals surface area contributed by atoms with Crippen molar-refractivity contribution in [3.05, 3.63) is 63.4 Å². The summed E-state index contributed by atoms with van der Waals surface area (Å²) in [6.45, 7) is 0. The predicted molar refractivity (Wildman–Crippen MR) is 64.6 cm³/mol. The largest absolute Gasteiger partial charge is 0.447 e. The van der Waals surface area contributed by atoms with Gasteiger partial charge in [-0.15, -0.1) is 0 Å². The fourth-order valence-corrected chi connectivity index (χ4v) is 1.64. The van der Waals surface area contributed by atoms with Crippen molar-refractivity contribution >= 4 is 17.3 Å². The smallest absolute Gasteiger partial charge is 0.329 e. The third-order valence-electron chi connectivity index (χ3n) is 2.19. The van der Waals surface area contributed by atoms with E-state index >= 15 is 0 Å². The lowest BCUT2D eigenvalue weighted by atomic mass is 10.3. The van der Waals surface area contributed by atoms with Gasteiger partial charge in [0, 0.05) is 0 Å². The molecular weight excluding hydrogens is 261 g/mol. The Bertz CT molecular complexity index is 604. The molecule has 0 unspecified atom stereocenters. The van der Waals surface area contributed by atoms with Crippen LogP contribution in [0.3, 0.4) is 0 Å². The average molecular weight is 268 g/mol. The molecule has 0 aliphatic rings. The van der Waals surface area contributed by atoms with E-state index in [2.05, 4.69) is 0 Å². The zero-order valence-electron chi connectivity index (χ0n) is 8.97. The molecule has 4 nitrogen and oxygen atoms in total. The van der Waals surface area contributed by atoms with Crippen LogP contribution in [0.1, 0.15) is 0 Å². The Morgan fingerprint density at radius 1 is 1.11 bits per heavy atom. The number of nitrogens with zero attached hydrogens (tertiary/aromatic N) is 1. The van der Waals surface area contributed by atoms with Crippen molar-refractivity contribution in [3.63, 3.8) is 0 Å². The van der Waals surface area contributed by atoms with E-state index in [0.717, 1.165) is 0 Å². The van der Waals surface area contributed by atoms with Gasteiger partial charge in [0.1, 0.15) is 5.02 Å². The monoisotopic (exact) mass is 267 g/mol. The zero-order valence-corrected chi connectivity index (χ0v) is 9.73. The van der Waals surface area contributed by atoms with Gasteiger partial charge in [-0.05, 0) is 24.3 Å². The normalized spacial score (nSPS) is 10.1. The zero-order chi connectivity index (χ0) is 13.1. The van der Waals surface area contributed by atoms with Crippen LogP contribution >= 0.6 is 11.6 Å². The molecule has 6 heteroatoms. The third kappa shape index (κ3) is 2.41. The Kier molecular flexibility index (Phi) is 3.43. The summed E-state index contributed by atoms with van der Waals surface area (Å²) in [4.78, 5) is 10.2. The van der Waals surface area contributed by atoms with Crippen LogP contribution in [0.2, 0.25) is 5.02 Å². The predicted octanol–water partition coefficient (Wildman–Crippen LogP) is 4.18. The van der Waals surface area contributed by atoms with E-state index in [1.54, 1.807) is 6.07 Å². The Balaban J connectivity index is 2.44. The van der Waals surface area contributed by atoms with Gasteiger partial charge in [-0.3, -0.25) is 10.1 Å². The average Bonchev–Trinajstić information content (AvgIpc) is 2.31. The van der Waals surface area contributed by atoms with E-state index in [9.17, 15) is 14.5 Å². The number of benzene rings is 2. The highest BCUT2D eigenvalue weighted by molar-refractivity contribution is 6.32. The Morgan fingerprint density at radius 3 is 2.44 bits per heavy atom. The lowest BCUT2D eigenvalue weighted by molar-refractivity contribution is -0.385. The number of ether oxygens (including phenoxy) is 1. The first-order chi connectivity index (χ1) is 8.59. The van der Waals surface area contributed by atoms with Crippen molar-refractivity contribution in [2.45, 2.75) is 0 Å². The lowest BCUT2D eigenvalue weighted by Crippen LogP contribution is -1.95. The van der Waals surface area contributed by atoms with Gasteiger partial charge >= 0.3 is 5.69 Å². The number of halogens is 2. The summed E-state index contributed by atoms with van der Waals surface area (Å²) in [5.41, 5.74) is -0.387. The molecule has 0 bridgehead atoms. The van der Waals surface area contributed by atoms with E-state index in [0.29, 0.717) is 0 Å². The third-order valence-corrected chi connectivity index (χ3v) is 2.49. The highest BCUT2D eigenvalue weighted by Crippen LogP contribution is 2.37. The Labute approximate surface area is 107 Å². The van der Waals surface area contributed by atoms with Crippen molar-refractivity contribution in [3.8, 4) is 11.5 Å².